The Morgan fingerprint density at radius 2 is 2.40 bits per heavy atom. The maximum Gasteiger partial charge on any atom is 0.132 e. The Bertz CT molecular complexity index is 290. The largest absolute Gasteiger partial charge is 0.246 e. The zero-order valence-corrected chi connectivity index (χ0v) is 7.28. The van der Waals surface area contributed by atoms with Gasteiger partial charge in [-0.05, 0) is 27.9 Å². The van der Waals surface area contributed by atoms with Gasteiger partial charge in [0.1, 0.15) is 5.69 Å². The highest BCUT2D eigenvalue weighted by Gasteiger charge is 2.00. The summed E-state index contributed by atoms with van der Waals surface area (Å²) in [7, 11) is 0. The van der Waals surface area contributed by atoms with E-state index in [9.17, 15) is 0 Å². The molecule has 1 aromatic heterocycles. The van der Waals surface area contributed by atoms with E-state index in [2.05, 4.69) is 26.8 Å². The van der Waals surface area contributed by atoms with Crippen molar-refractivity contribution in [3.8, 4) is 12.3 Å². The minimum Gasteiger partial charge on any atom is -0.246 e. The summed E-state index contributed by atoms with van der Waals surface area (Å²) in [5, 5.41) is 0.491. The van der Waals surface area contributed by atoms with Crippen LogP contribution in [0.2, 0.25) is 5.02 Å². The summed E-state index contributed by atoms with van der Waals surface area (Å²) in [4.78, 5) is 3.86. The van der Waals surface area contributed by atoms with Gasteiger partial charge < -0.3 is 0 Å². The summed E-state index contributed by atoms with van der Waals surface area (Å²) in [5.74, 6) is 2.36. The van der Waals surface area contributed by atoms with Gasteiger partial charge in [0.05, 0.1) is 5.02 Å². The number of terminal acetylenes is 1. The van der Waals surface area contributed by atoms with Crippen LogP contribution < -0.4 is 0 Å². The number of pyridine rings is 1. The average molecular weight is 216 g/mol. The molecule has 1 aromatic rings. The number of aromatic nitrogens is 1. The Hall–Kier alpha value is -0.520. The molecule has 0 saturated carbocycles. The first-order chi connectivity index (χ1) is 4.75. The van der Waals surface area contributed by atoms with Crippen molar-refractivity contribution in [3.05, 3.63) is 27.5 Å². The fourth-order valence-corrected chi connectivity index (χ4v) is 0.993. The van der Waals surface area contributed by atoms with E-state index in [-0.39, 0.29) is 0 Å². The molecule has 0 fully saturated rings. The van der Waals surface area contributed by atoms with Gasteiger partial charge in [0.15, 0.2) is 0 Å². The van der Waals surface area contributed by atoms with Crippen LogP contribution in [0.4, 0.5) is 0 Å². The monoisotopic (exact) mass is 215 g/mol. The van der Waals surface area contributed by atoms with E-state index in [0.717, 1.165) is 4.47 Å². The average Bonchev–Trinajstić information content (AvgIpc) is 1.95. The minimum absolute atomic E-state index is 0.469. The molecule has 10 heavy (non-hydrogen) atoms. The molecular weight excluding hydrogens is 213 g/mol. The van der Waals surface area contributed by atoms with Crippen LogP contribution in [0.3, 0.4) is 0 Å². The van der Waals surface area contributed by atoms with Gasteiger partial charge in [-0.2, -0.15) is 0 Å². The van der Waals surface area contributed by atoms with E-state index >= 15 is 0 Å². The molecule has 0 bridgehead atoms. The topological polar surface area (TPSA) is 12.9 Å². The quantitative estimate of drug-likeness (QED) is 0.607. The lowest BCUT2D eigenvalue weighted by Gasteiger charge is -1.95. The zero-order chi connectivity index (χ0) is 7.56. The van der Waals surface area contributed by atoms with Gasteiger partial charge in [0.25, 0.3) is 0 Å². The summed E-state index contributed by atoms with van der Waals surface area (Å²) >= 11 is 8.96. The molecule has 0 saturated heterocycles. The minimum atomic E-state index is 0.469. The fourth-order valence-electron chi connectivity index (χ4n) is 0.521. The second-order valence-electron chi connectivity index (χ2n) is 1.60. The van der Waals surface area contributed by atoms with Crippen molar-refractivity contribution >= 4 is 27.5 Å². The molecule has 0 aliphatic rings. The third kappa shape index (κ3) is 1.31. The number of nitrogens with zero attached hydrogens (tertiary/aromatic N) is 1. The van der Waals surface area contributed by atoms with E-state index in [4.69, 9.17) is 18.0 Å². The lowest BCUT2D eigenvalue weighted by Crippen LogP contribution is -1.82. The van der Waals surface area contributed by atoms with Crippen molar-refractivity contribution < 1.29 is 0 Å². The predicted molar refractivity (Wildman–Crippen MR) is 44.9 cm³/mol. The van der Waals surface area contributed by atoms with Gasteiger partial charge in [-0.15, -0.1) is 6.42 Å². The molecule has 0 spiro atoms. The Kier molecular flexibility index (Phi) is 2.31. The molecule has 0 aliphatic heterocycles. The van der Waals surface area contributed by atoms with Crippen molar-refractivity contribution in [2.75, 3.05) is 0 Å². The van der Waals surface area contributed by atoms with Crippen LogP contribution in [0.15, 0.2) is 16.7 Å². The standard InChI is InChI=1S/C7H3BrClN/c1-2-6-7(9)5(8)3-4-10-6/h1,3-4H. The van der Waals surface area contributed by atoms with Crippen LogP contribution in [0, 0.1) is 12.3 Å². The molecule has 1 heterocycles. The highest BCUT2D eigenvalue weighted by molar-refractivity contribution is 9.10. The SMILES string of the molecule is C#Cc1nccc(Br)c1Cl. The van der Waals surface area contributed by atoms with Crippen molar-refractivity contribution in [2.24, 2.45) is 0 Å². The Balaban J connectivity index is 3.31. The number of rotatable bonds is 0. The smallest absolute Gasteiger partial charge is 0.132 e. The van der Waals surface area contributed by atoms with E-state index in [1.165, 1.54) is 0 Å². The summed E-state index contributed by atoms with van der Waals surface area (Å²) < 4.78 is 0.775. The highest BCUT2D eigenvalue weighted by Crippen LogP contribution is 2.23. The predicted octanol–water partition coefficient (Wildman–Crippen LogP) is 2.48. The molecule has 1 rings (SSSR count). The van der Waals surface area contributed by atoms with Gasteiger partial charge in [-0.3, -0.25) is 0 Å². The van der Waals surface area contributed by atoms with Gasteiger partial charge in [-0.25, -0.2) is 4.98 Å². The Morgan fingerprint density at radius 1 is 1.70 bits per heavy atom. The maximum absolute atomic E-state index is 5.74. The fraction of sp³-hybridized carbons (Fsp3) is 0. The van der Waals surface area contributed by atoms with Crippen LogP contribution in [0.5, 0.6) is 0 Å². The Labute approximate surface area is 72.6 Å². The molecule has 3 heteroatoms. The number of hydrogen-bond acceptors (Lipinski definition) is 1. The molecule has 0 atom stereocenters. The van der Waals surface area contributed by atoms with Crippen molar-refractivity contribution in [1.82, 2.24) is 4.98 Å². The molecule has 0 radical (unpaired) electrons. The first-order valence-corrected chi connectivity index (χ1v) is 3.69. The van der Waals surface area contributed by atoms with Gasteiger partial charge >= 0.3 is 0 Å². The van der Waals surface area contributed by atoms with Crippen LogP contribution in [-0.2, 0) is 0 Å². The molecule has 50 valence electrons. The number of hydrogen-bond donors (Lipinski definition) is 0. The second kappa shape index (κ2) is 3.05. The van der Waals surface area contributed by atoms with E-state index in [0.29, 0.717) is 10.7 Å². The van der Waals surface area contributed by atoms with Crippen LogP contribution in [0.1, 0.15) is 5.69 Å². The van der Waals surface area contributed by atoms with Gasteiger partial charge in [0.2, 0.25) is 0 Å². The third-order valence-electron chi connectivity index (χ3n) is 0.979. The lowest BCUT2D eigenvalue weighted by atomic mass is 10.4. The normalized spacial score (nSPS) is 8.90. The van der Waals surface area contributed by atoms with E-state index in [1.54, 1.807) is 12.3 Å². The van der Waals surface area contributed by atoms with Gasteiger partial charge in [0, 0.05) is 10.7 Å². The summed E-state index contributed by atoms with van der Waals surface area (Å²) in [6.45, 7) is 0. The van der Waals surface area contributed by atoms with Crippen molar-refractivity contribution in [3.63, 3.8) is 0 Å². The van der Waals surface area contributed by atoms with Gasteiger partial charge in [-0.1, -0.05) is 11.6 Å². The van der Waals surface area contributed by atoms with E-state index < -0.39 is 0 Å². The number of halogens is 2. The van der Waals surface area contributed by atoms with Crippen molar-refractivity contribution in [1.29, 1.82) is 0 Å². The third-order valence-corrected chi connectivity index (χ3v) is 2.25. The highest BCUT2D eigenvalue weighted by atomic mass is 79.9. The molecule has 0 unspecified atom stereocenters. The Morgan fingerprint density at radius 3 is 2.90 bits per heavy atom. The van der Waals surface area contributed by atoms with Crippen molar-refractivity contribution in [2.45, 2.75) is 0 Å². The summed E-state index contributed by atoms with van der Waals surface area (Å²) in [6.07, 6.45) is 6.70. The zero-order valence-electron chi connectivity index (χ0n) is 4.94. The second-order valence-corrected chi connectivity index (χ2v) is 2.83. The molecule has 0 aliphatic carbocycles. The van der Waals surface area contributed by atoms with Crippen LogP contribution >= 0.6 is 27.5 Å². The molecule has 0 aromatic carbocycles. The maximum atomic E-state index is 5.74. The first-order valence-electron chi connectivity index (χ1n) is 2.52. The lowest BCUT2D eigenvalue weighted by molar-refractivity contribution is 1.28. The molecular formula is C7H3BrClN. The summed E-state index contributed by atoms with van der Waals surface area (Å²) in [5.41, 5.74) is 0.469. The van der Waals surface area contributed by atoms with Crippen LogP contribution in [0.25, 0.3) is 0 Å². The molecule has 0 amide bonds. The summed E-state index contributed by atoms with van der Waals surface area (Å²) in [6, 6.07) is 1.74. The molecule has 0 N–H and O–H groups in total. The van der Waals surface area contributed by atoms with E-state index in [1.807, 2.05) is 0 Å². The molecule has 1 nitrogen and oxygen atoms in total. The van der Waals surface area contributed by atoms with Crippen LogP contribution in [-0.4, -0.2) is 4.98 Å². The first kappa shape index (κ1) is 7.59.